The first-order valence-electron chi connectivity index (χ1n) is 6.25. The van der Waals surface area contributed by atoms with Crippen molar-refractivity contribution in [3.8, 4) is 0 Å². The number of thiophene rings is 1. The fraction of sp³-hybridized carbons (Fsp3) is 0.615. The van der Waals surface area contributed by atoms with E-state index in [0.29, 0.717) is 13.0 Å². The van der Waals surface area contributed by atoms with Crippen LogP contribution in [0.25, 0.3) is 0 Å². The van der Waals surface area contributed by atoms with E-state index in [9.17, 15) is 4.79 Å². The quantitative estimate of drug-likeness (QED) is 0.807. The molecule has 0 atom stereocenters. The number of hydrogen-bond acceptors (Lipinski definition) is 3. The van der Waals surface area contributed by atoms with Gasteiger partial charge in [-0.3, -0.25) is 4.79 Å². The molecule has 0 aromatic carbocycles. The summed E-state index contributed by atoms with van der Waals surface area (Å²) in [7, 11) is 0. The number of nitrogens with one attached hydrogen (secondary N) is 1. The number of halogens is 1. The minimum atomic E-state index is 0.00821. The van der Waals surface area contributed by atoms with Gasteiger partial charge in [0.25, 0.3) is 0 Å². The van der Waals surface area contributed by atoms with E-state index in [1.807, 2.05) is 6.07 Å². The van der Waals surface area contributed by atoms with E-state index >= 15 is 0 Å². The summed E-state index contributed by atoms with van der Waals surface area (Å²) in [6.07, 6.45) is 4.47. The molecule has 2 N–H and O–H groups in total. The molecule has 0 unspecified atom stereocenters. The molecular formula is C13H18BrNO2S. The number of carbonyl (C=O) groups excluding carboxylic acids is 1. The lowest BCUT2D eigenvalue weighted by atomic mass is 10.1. The van der Waals surface area contributed by atoms with Crippen molar-refractivity contribution in [1.82, 2.24) is 5.32 Å². The number of aliphatic hydroxyl groups excluding tert-OH is 1. The fourth-order valence-electron chi connectivity index (χ4n) is 1.85. The Morgan fingerprint density at radius 1 is 1.50 bits per heavy atom. The average Bonchev–Trinajstić information content (AvgIpc) is 3.04. The average molecular weight is 332 g/mol. The second-order valence-electron chi connectivity index (χ2n) is 4.99. The number of aryl methyl sites for hydroxylation is 1. The maximum atomic E-state index is 11.6. The Hall–Kier alpha value is -0.390. The highest BCUT2D eigenvalue weighted by molar-refractivity contribution is 9.11. The predicted octanol–water partition coefficient (Wildman–Crippen LogP) is 2.72. The molecule has 0 spiro atoms. The van der Waals surface area contributed by atoms with Crippen LogP contribution >= 0.6 is 27.3 Å². The van der Waals surface area contributed by atoms with Crippen molar-refractivity contribution >= 4 is 33.2 Å². The van der Waals surface area contributed by atoms with Gasteiger partial charge in [0.15, 0.2) is 0 Å². The smallest absolute Gasteiger partial charge is 0.220 e. The second kappa shape index (κ2) is 6.17. The lowest BCUT2D eigenvalue weighted by molar-refractivity contribution is -0.121. The highest BCUT2D eigenvalue weighted by Gasteiger charge is 2.41. The molecular weight excluding hydrogens is 314 g/mol. The van der Waals surface area contributed by atoms with Gasteiger partial charge in [-0.25, -0.2) is 0 Å². The molecule has 0 aliphatic heterocycles. The minimum absolute atomic E-state index is 0.00821. The maximum absolute atomic E-state index is 11.6. The summed E-state index contributed by atoms with van der Waals surface area (Å²) < 4.78 is 1.14. The Morgan fingerprint density at radius 2 is 2.28 bits per heavy atom. The van der Waals surface area contributed by atoms with Gasteiger partial charge in [-0.2, -0.15) is 0 Å². The van der Waals surface area contributed by atoms with Gasteiger partial charge in [0.1, 0.15) is 0 Å². The minimum Gasteiger partial charge on any atom is -0.396 e. The molecule has 3 nitrogen and oxygen atoms in total. The zero-order valence-electron chi connectivity index (χ0n) is 10.2. The Balaban J connectivity index is 1.60. The van der Waals surface area contributed by atoms with Crippen LogP contribution in [0.15, 0.2) is 15.9 Å². The van der Waals surface area contributed by atoms with Gasteiger partial charge in [0.05, 0.1) is 10.4 Å². The first-order chi connectivity index (χ1) is 8.63. The highest BCUT2D eigenvalue weighted by Crippen LogP contribution is 2.44. The third-order valence-corrected chi connectivity index (χ3v) is 5.09. The summed E-state index contributed by atoms with van der Waals surface area (Å²) in [4.78, 5) is 12.9. The summed E-state index contributed by atoms with van der Waals surface area (Å²) in [5.41, 5.74) is 0.00821. The van der Waals surface area contributed by atoms with Crippen LogP contribution in [-0.4, -0.2) is 24.2 Å². The van der Waals surface area contributed by atoms with Gasteiger partial charge in [-0.05, 0) is 53.7 Å². The van der Waals surface area contributed by atoms with Crippen LogP contribution in [-0.2, 0) is 11.2 Å². The van der Waals surface area contributed by atoms with Crippen LogP contribution in [0, 0.1) is 5.41 Å². The Bertz CT molecular complexity index is 415. The summed E-state index contributed by atoms with van der Waals surface area (Å²) in [6.45, 7) is 0.823. The lowest BCUT2D eigenvalue weighted by Crippen LogP contribution is -2.31. The third-order valence-electron chi connectivity index (χ3n) is 3.41. The van der Waals surface area contributed by atoms with Crippen molar-refractivity contribution in [3.63, 3.8) is 0 Å². The Kier molecular flexibility index (Phi) is 4.81. The largest absolute Gasteiger partial charge is 0.396 e. The molecule has 1 amide bonds. The van der Waals surface area contributed by atoms with E-state index in [4.69, 9.17) is 5.11 Å². The molecule has 1 aliphatic rings. The van der Waals surface area contributed by atoms with Crippen LogP contribution in [0.4, 0.5) is 0 Å². The van der Waals surface area contributed by atoms with Crippen molar-refractivity contribution in [1.29, 1.82) is 0 Å². The van der Waals surface area contributed by atoms with Crippen molar-refractivity contribution in [2.24, 2.45) is 5.41 Å². The first-order valence-corrected chi connectivity index (χ1v) is 7.86. The third kappa shape index (κ3) is 4.07. The van der Waals surface area contributed by atoms with E-state index in [1.54, 1.807) is 11.3 Å². The number of aliphatic hydroxyl groups is 1. The van der Waals surface area contributed by atoms with E-state index in [1.165, 1.54) is 4.88 Å². The summed E-state index contributed by atoms with van der Waals surface area (Å²) in [5, 5.41) is 12.1. The molecule has 2 rings (SSSR count). The molecule has 1 saturated carbocycles. The SMILES string of the molecule is O=C(CCCc1ccc(Br)s1)NCC1(CO)CC1. The first kappa shape index (κ1) is 14.0. The van der Waals surface area contributed by atoms with Gasteiger partial charge in [-0.15, -0.1) is 11.3 Å². The predicted molar refractivity (Wildman–Crippen MR) is 76.7 cm³/mol. The molecule has 1 aromatic heterocycles. The summed E-state index contributed by atoms with van der Waals surface area (Å²) >= 11 is 5.15. The monoisotopic (exact) mass is 331 g/mol. The van der Waals surface area contributed by atoms with Crippen LogP contribution in [0.1, 0.15) is 30.6 Å². The van der Waals surface area contributed by atoms with Gasteiger partial charge in [0.2, 0.25) is 5.91 Å². The van der Waals surface area contributed by atoms with Crippen LogP contribution in [0.2, 0.25) is 0 Å². The molecule has 18 heavy (non-hydrogen) atoms. The summed E-state index contributed by atoms with van der Waals surface area (Å²) in [5.74, 6) is 0.102. The summed E-state index contributed by atoms with van der Waals surface area (Å²) in [6, 6.07) is 4.13. The molecule has 0 saturated heterocycles. The maximum Gasteiger partial charge on any atom is 0.220 e. The number of rotatable bonds is 7. The highest BCUT2D eigenvalue weighted by atomic mass is 79.9. The number of hydrogen-bond donors (Lipinski definition) is 2. The lowest BCUT2D eigenvalue weighted by Gasteiger charge is -2.12. The number of carbonyl (C=O) groups is 1. The number of amides is 1. The fourth-order valence-corrected chi connectivity index (χ4v) is 3.38. The van der Waals surface area contributed by atoms with Gasteiger partial charge < -0.3 is 10.4 Å². The second-order valence-corrected chi connectivity index (χ2v) is 7.54. The van der Waals surface area contributed by atoms with Gasteiger partial charge >= 0.3 is 0 Å². The molecule has 1 aromatic rings. The van der Waals surface area contributed by atoms with Crippen LogP contribution in [0.3, 0.4) is 0 Å². The van der Waals surface area contributed by atoms with Crippen molar-refractivity contribution in [2.75, 3.05) is 13.2 Å². The van der Waals surface area contributed by atoms with E-state index in [0.717, 1.165) is 29.5 Å². The molecule has 5 heteroatoms. The molecule has 1 aliphatic carbocycles. The van der Waals surface area contributed by atoms with E-state index in [2.05, 4.69) is 27.3 Å². The molecule has 1 fully saturated rings. The van der Waals surface area contributed by atoms with Crippen molar-refractivity contribution < 1.29 is 9.90 Å². The van der Waals surface area contributed by atoms with E-state index in [-0.39, 0.29) is 17.9 Å². The molecule has 100 valence electrons. The van der Waals surface area contributed by atoms with Crippen molar-refractivity contribution in [2.45, 2.75) is 32.1 Å². The molecule has 0 bridgehead atoms. The van der Waals surface area contributed by atoms with Gasteiger partial charge in [-0.1, -0.05) is 0 Å². The van der Waals surface area contributed by atoms with Crippen LogP contribution in [0.5, 0.6) is 0 Å². The van der Waals surface area contributed by atoms with Gasteiger partial charge in [0, 0.05) is 23.3 Å². The normalized spacial score (nSPS) is 16.6. The Labute approximate surface area is 120 Å². The standard InChI is InChI=1S/C13H18BrNO2S/c14-11-5-4-10(18-11)2-1-3-12(17)15-8-13(9-16)6-7-13/h4-5,16H,1-3,6-9H2,(H,15,17). The van der Waals surface area contributed by atoms with Crippen molar-refractivity contribution in [3.05, 3.63) is 20.8 Å². The zero-order chi connectivity index (χ0) is 13.0. The zero-order valence-corrected chi connectivity index (χ0v) is 12.6. The Morgan fingerprint density at radius 3 is 2.83 bits per heavy atom. The topological polar surface area (TPSA) is 49.3 Å². The van der Waals surface area contributed by atoms with Crippen LogP contribution < -0.4 is 5.32 Å². The molecule has 0 radical (unpaired) electrons. The molecule has 1 heterocycles. The van der Waals surface area contributed by atoms with E-state index < -0.39 is 0 Å².